The predicted octanol–water partition coefficient (Wildman–Crippen LogP) is 2.96. The first-order chi connectivity index (χ1) is 10.7. The van der Waals surface area contributed by atoms with E-state index in [4.69, 9.17) is 9.15 Å². The average Bonchev–Trinajstić information content (AvgIpc) is 3.04. The summed E-state index contributed by atoms with van der Waals surface area (Å²) >= 11 is 3.38. The molecule has 2 N–H and O–H groups in total. The Morgan fingerprint density at radius 3 is 2.91 bits per heavy atom. The van der Waals surface area contributed by atoms with E-state index in [2.05, 4.69) is 26.6 Å². The SMILES string of the molecule is COc1ccc(Br)c(C(=O)NCCCNCc2ccco2)c1. The molecule has 1 heterocycles. The lowest BCUT2D eigenvalue weighted by Crippen LogP contribution is -2.27. The van der Waals surface area contributed by atoms with Crippen molar-refractivity contribution in [3.8, 4) is 5.75 Å². The molecule has 0 radical (unpaired) electrons. The van der Waals surface area contributed by atoms with Crippen LogP contribution in [0.1, 0.15) is 22.5 Å². The zero-order chi connectivity index (χ0) is 15.8. The van der Waals surface area contributed by atoms with E-state index in [9.17, 15) is 4.79 Å². The summed E-state index contributed by atoms with van der Waals surface area (Å²) in [5.74, 6) is 1.45. The molecule has 0 fully saturated rings. The van der Waals surface area contributed by atoms with Crippen LogP contribution in [0.5, 0.6) is 5.75 Å². The number of methoxy groups -OCH3 is 1. The van der Waals surface area contributed by atoms with Crippen LogP contribution in [0.4, 0.5) is 0 Å². The molecule has 0 spiro atoms. The van der Waals surface area contributed by atoms with Gasteiger partial charge in [-0.3, -0.25) is 4.79 Å². The van der Waals surface area contributed by atoms with Crippen molar-refractivity contribution in [1.29, 1.82) is 0 Å². The molecule has 0 saturated heterocycles. The number of halogens is 1. The van der Waals surface area contributed by atoms with E-state index in [-0.39, 0.29) is 5.91 Å². The fraction of sp³-hybridized carbons (Fsp3) is 0.312. The van der Waals surface area contributed by atoms with Gasteiger partial charge in [-0.1, -0.05) is 0 Å². The summed E-state index contributed by atoms with van der Waals surface area (Å²) in [4.78, 5) is 12.1. The van der Waals surface area contributed by atoms with Gasteiger partial charge >= 0.3 is 0 Å². The van der Waals surface area contributed by atoms with Crippen LogP contribution in [0, 0.1) is 0 Å². The second-order valence-corrected chi connectivity index (χ2v) is 5.57. The Morgan fingerprint density at radius 1 is 1.32 bits per heavy atom. The van der Waals surface area contributed by atoms with Gasteiger partial charge in [-0.25, -0.2) is 0 Å². The number of benzene rings is 1. The van der Waals surface area contributed by atoms with Gasteiger partial charge in [-0.15, -0.1) is 0 Å². The monoisotopic (exact) mass is 366 g/mol. The minimum absolute atomic E-state index is 0.114. The minimum atomic E-state index is -0.114. The normalized spacial score (nSPS) is 10.5. The third-order valence-electron chi connectivity index (χ3n) is 3.11. The summed E-state index contributed by atoms with van der Waals surface area (Å²) in [7, 11) is 1.58. The summed E-state index contributed by atoms with van der Waals surface area (Å²) in [5, 5.41) is 6.15. The van der Waals surface area contributed by atoms with Crippen molar-refractivity contribution >= 4 is 21.8 Å². The van der Waals surface area contributed by atoms with E-state index in [1.54, 1.807) is 31.6 Å². The molecule has 118 valence electrons. The van der Waals surface area contributed by atoms with Gasteiger partial charge in [0.25, 0.3) is 5.91 Å². The zero-order valence-electron chi connectivity index (χ0n) is 12.4. The van der Waals surface area contributed by atoms with Crippen LogP contribution in [0.3, 0.4) is 0 Å². The van der Waals surface area contributed by atoms with Crippen molar-refractivity contribution in [3.05, 3.63) is 52.4 Å². The summed E-state index contributed by atoms with van der Waals surface area (Å²) < 4.78 is 11.1. The van der Waals surface area contributed by atoms with Gasteiger partial charge in [0.15, 0.2) is 0 Å². The van der Waals surface area contributed by atoms with E-state index in [0.717, 1.165) is 23.2 Å². The molecule has 0 unspecified atom stereocenters. The second-order valence-electron chi connectivity index (χ2n) is 4.71. The number of amides is 1. The Hall–Kier alpha value is -1.79. The van der Waals surface area contributed by atoms with Crippen LogP contribution in [0.15, 0.2) is 45.5 Å². The smallest absolute Gasteiger partial charge is 0.252 e. The van der Waals surface area contributed by atoms with Crippen molar-refractivity contribution in [2.75, 3.05) is 20.2 Å². The number of hydrogen-bond acceptors (Lipinski definition) is 4. The van der Waals surface area contributed by atoms with E-state index >= 15 is 0 Å². The van der Waals surface area contributed by atoms with Crippen LogP contribution < -0.4 is 15.4 Å². The Balaban J connectivity index is 1.69. The van der Waals surface area contributed by atoms with Crippen molar-refractivity contribution in [2.45, 2.75) is 13.0 Å². The third-order valence-corrected chi connectivity index (χ3v) is 3.80. The van der Waals surface area contributed by atoms with Gasteiger partial charge in [0.2, 0.25) is 0 Å². The molecule has 0 aliphatic heterocycles. The number of hydrogen-bond donors (Lipinski definition) is 2. The number of carbonyl (C=O) groups is 1. The van der Waals surface area contributed by atoms with Gasteiger partial charge in [0.1, 0.15) is 11.5 Å². The van der Waals surface area contributed by atoms with Crippen LogP contribution in [-0.4, -0.2) is 26.1 Å². The highest BCUT2D eigenvalue weighted by molar-refractivity contribution is 9.10. The molecule has 1 amide bonds. The molecule has 2 rings (SSSR count). The van der Waals surface area contributed by atoms with Gasteiger partial charge in [0, 0.05) is 11.0 Å². The molecule has 0 atom stereocenters. The van der Waals surface area contributed by atoms with Gasteiger partial charge in [0.05, 0.1) is 25.5 Å². The van der Waals surface area contributed by atoms with E-state index in [0.29, 0.717) is 24.4 Å². The highest BCUT2D eigenvalue weighted by atomic mass is 79.9. The Kier molecular flexibility index (Phi) is 6.48. The number of ether oxygens (including phenoxy) is 1. The summed E-state index contributed by atoms with van der Waals surface area (Å²) in [6.07, 6.45) is 2.50. The standard InChI is InChI=1S/C16H19BrN2O3/c1-21-12-5-6-15(17)14(10-12)16(20)19-8-3-7-18-11-13-4-2-9-22-13/h2,4-6,9-10,18H,3,7-8,11H2,1H3,(H,19,20). The largest absolute Gasteiger partial charge is 0.497 e. The molecule has 0 saturated carbocycles. The first kappa shape index (κ1) is 16.6. The van der Waals surface area contributed by atoms with Crippen LogP contribution in [-0.2, 0) is 6.54 Å². The van der Waals surface area contributed by atoms with Crippen molar-refractivity contribution in [3.63, 3.8) is 0 Å². The molecule has 22 heavy (non-hydrogen) atoms. The molecule has 0 bridgehead atoms. The maximum atomic E-state index is 12.1. The summed E-state index contributed by atoms with van der Waals surface area (Å²) in [6.45, 7) is 2.11. The molecule has 2 aromatic rings. The summed E-state index contributed by atoms with van der Waals surface area (Å²) in [5.41, 5.74) is 0.572. The number of carbonyl (C=O) groups excluding carboxylic acids is 1. The lowest BCUT2D eigenvalue weighted by molar-refractivity contribution is 0.0952. The first-order valence-electron chi connectivity index (χ1n) is 7.05. The predicted molar refractivity (Wildman–Crippen MR) is 88.1 cm³/mol. The van der Waals surface area contributed by atoms with Gasteiger partial charge < -0.3 is 19.8 Å². The maximum absolute atomic E-state index is 12.1. The Morgan fingerprint density at radius 2 is 2.18 bits per heavy atom. The van der Waals surface area contributed by atoms with Crippen LogP contribution >= 0.6 is 15.9 Å². The molecule has 0 aliphatic carbocycles. The highest BCUT2D eigenvalue weighted by Crippen LogP contribution is 2.22. The topological polar surface area (TPSA) is 63.5 Å². The Bertz CT molecular complexity index is 599. The van der Waals surface area contributed by atoms with E-state index in [1.807, 2.05) is 12.1 Å². The zero-order valence-corrected chi connectivity index (χ0v) is 14.0. The average molecular weight is 367 g/mol. The fourth-order valence-electron chi connectivity index (χ4n) is 1.94. The lowest BCUT2D eigenvalue weighted by Gasteiger charge is -2.09. The molecular weight excluding hydrogens is 348 g/mol. The van der Waals surface area contributed by atoms with Gasteiger partial charge in [-0.05, 0) is 59.2 Å². The number of rotatable bonds is 8. The maximum Gasteiger partial charge on any atom is 0.252 e. The second kappa shape index (κ2) is 8.60. The summed E-state index contributed by atoms with van der Waals surface area (Å²) in [6, 6.07) is 9.12. The van der Waals surface area contributed by atoms with Crippen molar-refractivity contribution in [2.24, 2.45) is 0 Å². The number of furan rings is 1. The molecule has 5 nitrogen and oxygen atoms in total. The minimum Gasteiger partial charge on any atom is -0.497 e. The molecular formula is C16H19BrN2O3. The first-order valence-corrected chi connectivity index (χ1v) is 7.85. The molecule has 1 aromatic heterocycles. The van der Waals surface area contributed by atoms with Crippen molar-refractivity contribution in [1.82, 2.24) is 10.6 Å². The van der Waals surface area contributed by atoms with Gasteiger partial charge in [-0.2, -0.15) is 0 Å². The molecule has 6 heteroatoms. The lowest BCUT2D eigenvalue weighted by atomic mass is 10.2. The number of nitrogens with one attached hydrogen (secondary N) is 2. The molecule has 1 aromatic carbocycles. The molecule has 0 aliphatic rings. The van der Waals surface area contributed by atoms with E-state index < -0.39 is 0 Å². The van der Waals surface area contributed by atoms with Crippen LogP contribution in [0.2, 0.25) is 0 Å². The van der Waals surface area contributed by atoms with Crippen LogP contribution in [0.25, 0.3) is 0 Å². The third kappa shape index (κ3) is 4.89. The van der Waals surface area contributed by atoms with Crippen molar-refractivity contribution < 1.29 is 13.9 Å². The van der Waals surface area contributed by atoms with E-state index in [1.165, 1.54) is 0 Å². The Labute approximate surface area is 138 Å². The fourth-order valence-corrected chi connectivity index (χ4v) is 2.37. The quantitative estimate of drug-likeness (QED) is 0.705. The highest BCUT2D eigenvalue weighted by Gasteiger charge is 2.10.